The number of nitrogens with zero attached hydrogens (tertiary/aromatic N) is 3. The Morgan fingerprint density at radius 1 is 1.29 bits per heavy atom. The Morgan fingerprint density at radius 3 is 2.79 bits per heavy atom. The SMILES string of the molecule is C[C@H](CNC(=O)Nc1nc2ccccc2s1)CN1CCN(C)CC1. The van der Waals surface area contributed by atoms with Crippen LogP contribution in [-0.2, 0) is 0 Å². The Bertz CT molecular complexity index is 647. The highest BCUT2D eigenvalue weighted by Gasteiger charge is 2.16. The molecule has 2 N–H and O–H groups in total. The Kier molecular flexibility index (Phi) is 5.65. The van der Waals surface area contributed by atoms with Gasteiger partial charge in [-0.15, -0.1) is 0 Å². The molecule has 0 unspecified atom stereocenters. The van der Waals surface area contributed by atoms with Crippen molar-refractivity contribution in [1.82, 2.24) is 20.1 Å². The zero-order chi connectivity index (χ0) is 16.9. The van der Waals surface area contributed by atoms with E-state index in [4.69, 9.17) is 0 Å². The first kappa shape index (κ1) is 17.1. The molecule has 2 amide bonds. The van der Waals surface area contributed by atoms with Gasteiger partial charge in [0.05, 0.1) is 10.2 Å². The van der Waals surface area contributed by atoms with Crippen molar-refractivity contribution < 1.29 is 4.79 Å². The predicted octanol–water partition coefficient (Wildman–Crippen LogP) is 2.30. The number of nitrogens with one attached hydrogen (secondary N) is 2. The maximum Gasteiger partial charge on any atom is 0.321 e. The summed E-state index contributed by atoms with van der Waals surface area (Å²) in [6, 6.07) is 7.71. The van der Waals surface area contributed by atoms with Crippen LogP contribution >= 0.6 is 11.3 Å². The van der Waals surface area contributed by atoms with E-state index in [1.165, 1.54) is 11.3 Å². The van der Waals surface area contributed by atoms with Crippen LogP contribution in [0.4, 0.5) is 9.93 Å². The third-order valence-electron chi connectivity index (χ3n) is 4.29. The van der Waals surface area contributed by atoms with Crippen LogP contribution in [0.15, 0.2) is 24.3 Å². The van der Waals surface area contributed by atoms with Gasteiger partial charge in [0.15, 0.2) is 5.13 Å². The third-order valence-corrected chi connectivity index (χ3v) is 5.24. The molecule has 3 rings (SSSR count). The predicted molar refractivity (Wildman–Crippen MR) is 99.7 cm³/mol. The number of anilines is 1. The van der Waals surface area contributed by atoms with Gasteiger partial charge in [-0.1, -0.05) is 30.4 Å². The van der Waals surface area contributed by atoms with Gasteiger partial charge in [0.2, 0.25) is 0 Å². The monoisotopic (exact) mass is 347 g/mol. The summed E-state index contributed by atoms with van der Waals surface area (Å²) in [5.74, 6) is 0.425. The molecule has 6 nitrogen and oxygen atoms in total. The van der Waals surface area contributed by atoms with Crippen molar-refractivity contribution in [3.63, 3.8) is 0 Å². The molecule has 1 aliphatic rings. The molecule has 0 bridgehead atoms. The molecule has 130 valence electrons. The lowest BCUT2D eigenvalue weighted by Gasteiger charge is -2.33. The molecule has 0 saturated carbocycles. The van der Waals surface area contributed by atoms with E-state index in [1.54, 1.807) is 0 Å². The second-order valence-corrected chi connectivity index (χ2v) is 7.56. The molecule has 1 aromatic heterocycles. The van der Waals surface area contributed by atoms with Crippen LogP contribution in [0.25, 0.3) is 10.2 Å². The van der Waals surface area contributed by atoms with E-state index < -0.39 is 0 Å². The molecular formula is C17H25N5OS. The van der Waals surface area contributed by atoms with Gasteiger partial charge in [-0.05, 0) is 25.1 Å². The number of aromatic nitrogens is 1. The Hall–Kier alpha value is -1.70. The second kappa shape index (κ2) is 7.92. The van der Waals surface area contributed by atoms with Crippen molar-refractivity contribution in [2.75, 3.05) is 51.6 Å². The van der Waals surface area contributed by atoms with E-state index in [2.05, 4.69) is 39.4 Å². The highest BCUT2D eigenvalue weighted by atomic mass is 32.1. The van der Waals surface area contributed by atoms with Crippen molar-refractivity contribution >= 4 is 32.7 Å². The third kappa shape index (κ3) is 4.66. The largest absolute Gasteiger partial charge is 0.337 e. The van der Waals surface area contributed by atoms with E-state index >= 15 is 0 Å². The number of benzene rings is 1. The van der Waals surface area contributed by atoms with E-state index in [9.17, 15) is 4.79 Å². The average Bonchev–Trinajstić information content (AvgIpc) is 2.97. The van der Waals surface area contributed by atoms with Gasteiger partial charge in [-0.3, -0.25) is 5.32 Å². The Labute approximate surface area is 146 Å². The highest BCUT2D eigenvalue weighted by molar-refractivity contribution is 7.22. The van der Waals surface area contributed by atoms with E-state index in [0.717, 1.165) is 42.9 Å². The number of hydrogen-bond acceptors (Lipinski definition) is 5. The number of fused-ring (bicyclic) bond motifs is 1. The first-order valence-corrected chi connectivity index (χ1v) is 9.23. The highest BCUT2D eigenvalue weighted by Crippen LogP contribution is 2.25. The van der Waals surface area contributed by atoms with Gasteiger partial charge in [0, 0.05) is 39.3 Å². The molecule has 1 atom stereocenters. The van der Waals surface area contributed by atoms with Gasteiger partial charge in [-0.25, -0.2) is 9.78 Å². The second-order valence-electron chi connectivity index (χ2n) is 6.53. The summed E-state index contributed by atoms with van der Waals surface area (Å²) in [6.45, 7) is 8.34. The van der Waals surface area contributed by atoms with Crippen LogP contribution < -0.4 is 10.6 Å². The molecule has 2 aromatic rings. The smallest absolute Gasteiger partial charge is 0.321 e. The van der Waals surface area contributed by atoms with Gasteiger partial charge in [-0.2, -0.15) is 0 Å². The van der Waals surface area contributed by atoms with Crippen LogP contribution in [0, 0.1) is 5.92 Å². The maximum absolute atomic E-state index is 12.1. The molecule has 24 heavy (non-hydrogen) atoms. The molecule has 0 radical (unpaired) electrons. The van der Waals surface area contributed by atoms with E-state index in [0.29, 0.717) is 17.6 Å². The van der Waals surface area contributed by atoms with Gasteiger partial charge < -0.3 is 15.1 Å². The number of piperazine rings is 1. The van der Waals surface area contributed by atoms with Crippen molar-refractivity contribution in [1.29, 1.82) is 0 Å². The molecule has 7 heteroatoms. The minimum absolute atomic E-state index is 0.181. The van der Waals surface area contributed by atoms with Gasteiger partial charge in [0.25, 0.3) is 0 Å². The van der Waals surface area contributed by atoms with Crippen molar-refractivity contribution in [3.8, 4) is 0 Å². The first-order chi connectivity index (χ1) is 11.6. The van der Waals surface area contributed by atoms with Gasteiger partial charge in [0.1, 0.15) is 0 Å². The summed E-state index contributed by atoms with van der Waals surface area (Å²) in [5, 5.41) is 6.43. The fourth-order valence-corrected chi connectivity index (χ4v) is 3.73. The summed E-state index contributed by atoms with van der Waals surface area (Å²) in [6.07, 6.45) is 0. The maximum atomic E-state index is 12.1. The minimum atomic E-state index is -0.181. The van der Waals surface area contributed by atoms with Crippen LogP contribution in [0.3, 0.4) is 0 Å². The summed E-state index contributed by atoms with van der Waals surface area (Å²) in [4.78, 5) is 21.3. The molecule has 2 heterocycles. The lowest BCUT2D eigenvalue weighted by molar-refractivity contribution is 0.138. The molecule has 0 aliphatic carbocycles. The molecule has 1 aromatic carbocycles. The molecule has 1 aliphatic heterocycles. The molecule has 0 spiro atoms. The van der Waals surface area contributed by atoms with Gasteiger partial charge >= 0.3 is 6.03 Å². The number of urea groups is 1. The quantitative estimate of drug-likeness (QED) is 0.871. The summed E-state index contributed by atoms with van der Waals surface area (Å²) in [7, 11) is 2.16. The number of hydrogen-bond donors (Lipinski definition) is 2. The zero-order valence-electron chi connectivity index (χ0n) is 14.3. The molecule has 1 fully saturated rings. The summed E-state index contributed by atoms with van der Waals surface area (Å²) in [5.41, 5.74) is 0.918. The molecular weight excluding hydrogens is 322 g/mol. The van der Waals surface area contributed by atoms with E-state index in [-0.39, 0.29) is 6.03 Å². The van der Waals surface area contributed by atoms with Crippen molar-refractivity contribution in [2.45, 2.75) is 6.92 Å². The Balaban J connectivity index is 1.41. The summed E-state index contributed by atoms with van der Waals surface area (Å²) < 4.78 is 1.08. The number of para-hydroxylation sites is 1. The number of carbonyl (C=O) groups is 1. The normalized spacial score (nSPS) is 17.8. The van der Waals surface area contributed by atoms with Crippen molar-refractivity contribution in [3.05, 3.63) is 24.3 Å². The number of likely N-dealkylation sites (N-methyl/N-ethyl adjacent to an activating group) is 1. The van der Waals surface area contributed by atoms with Crippen LogP contribution in [-0.4, -0.2) is 67.1 Å². The van der Waals surface area contributed by atoms with E-state index in [1.807, 2.05) is 24.3 Å². The fraction of sp³-hybridized carbons (Fsp3) is 0.529. The number of rotatable bonds is 5. The average molecular weight is 347 g/mol. The number of amides is 2. The number of thiazole rings is 1. The standard InChI is InChI=1S/C17H25N5OS/c1-13(12-22-9-7-21(2)8-10-22)11-18-16(23)20-17-19-14-5-3-4-6-15(14)24-17/h3-6,13H,7-12H2,1-2H3,(H2,18,19,20,23)/t13-/m1/s1. The zero-order valence-corrected chi connectivity index (χ0v) is 15.1. The topological polar surface area (TPSA) is 60.5 Å². The van der Waals surface area contributed by atoms with Crippen LogP contribution in [0.2, 0.25) is 0 Å². The summed E-state index contributed by atoms with van der Waals surface area (Å²) >= 11 is 1.49. The lowest BCUT2D eigenvalue weighted by atomic mass is 10.1. The first-order valence-electron chi connectivity index (χ1n) is 8.41. The fourth-order valence-electron chi connectivity index (χ4n) is 2.87. The van der Waals surface area contributed by atoms with Crippen LogP contribution in [0.5, 0.6) is 0 Å². The Morgan fingerprint density at radius 2 is 2.04 bits per heavy atom. The number of carbonyl (C=O) groups excluding carboxylic acids is 1. The minimum Gasteiger partial charge on any atom is -0.337 e. The molecule has 1 saturated heterocycles. The van der Waals surface area contributed by atoms with Crippen molar-refractivity contribution in [2.24, 2.45) is 5.92 Å². The lowest BCUT2D eigenvalue weighted by Crippen LogP contribution is -2.47. The van der Waals surface area contributed by atoms with Crippen LogP contribution in [0.1, 0.15) is 6.92 Å².